The third kappa shape index (κ3) is 3.39. The largest absolute Gasteiger partial charge is 1.00 e. The molecule has 2 rings (SSSR count). The van der Waals surface area contributed by atoms with Crippen LogP contribution in [0.25, 0.3) is 0 Å². The Hall–Kier alpha value is -0.200. The van der Waals surface area contributed by atoms with E-state index < -0.39 is 12.0 Å². The number of aliphatic imine (C=N–C) groups is 1. The number of halogens is 1. The number of phenolic OH excluding ortho intramolecular Hbond substituents is 1. The van der Waals surface area contributed by atoms with Gasteiger partial charge in [0.1, 0.15) is 16.8 Å². The summed E-state index contributed by atoms with van der Waals surface area (Å²) in [6.07, 6.45) is 0. The van der Waals surface area contributed by atoms with Gasteiger partial charge in [0.25, 0.3) is 0 Å². The van der Waals surface area contributed by atoms with Crippen molar-refractivity contribution in [2.45, 2.75) is 6.04 Å². The van der Waals surface area contributed by atoms with Crippen LogP contribution in [-0.4, -0.2) is 27.9 Å². The minimum absolute atomic E-state index is 0. The Morgan fingerprint density at radius 1 is 1.59 bits per heavy atom. The Bertz CT molecular complexity index is 481. The van der Waals surface area contributed by atoms with E-state index in [2.05, 4.69) is 4.99 Å². The molecule has 0 saturated carbocycles. The van der Waals surface area contributed by atoms with Gasteiger partial charge in [0.2, 0.25) is 0 Å². The molecule has 4 nitrogen and oxygen atoms in total. The first-order valence-electron chi connectivity index (χ1n) is 4.48. The third-order valence-electron chi connectivity index (χ3n) is 2.11. The van der Waals surface area contributed by atoms with Crippen LogP contribution >= 0.6 is 23.4 Å². The summed E-state index contributed by atoms with van der Waals surface area (Å²) in [7, 11) is 0. The number of rotatable bonds is 2. The molecule has 0 radical (unpaired) electrons. The molecule has 17 heavy (non-hydrogen) atoms. The van der Waals surface area contributed by atoms with Crippen LogP contribution in [0.15, 0.2) is 23.2 Å². The molecule has 0 saturated heterocycles. The number of thioether (sulfide) groups is 1. The predicted octanol–water partition coefficient (Wildman–Crippen LogP) is -2.34. The van der Waals surface area contributed by atoms with E-state index in [-0.39, 0.29) is 35.3 Å². The molecule has 0 fully saturated rings. The van der Waals surface area contributed by atoms with Gasteiger partial charge in [0, 0.05) is 16.3 Å². The van der Waals surface area contributed by atoms with Crippen molar-refractivity contribution >= 4 is 34.4 Å². The zero-order valence-corrected chi connectivity index (χ0v) is 12.6. The van der Waals surface area contributed by atoms with Crippen molar-refractivity contribution in [3.8, 4) is 5.75 Å². The number of benzene rings is 1. The van der Waals surface area contributed by atoms with Crippen molar-refractivity contribution in [2.24, 2.45) is 4.99 Å². The normalized spacial score (nSPS) is 18.4. The summed E-state index contributed by atoms with van der Waals surface area (Å²) in [6.45, 7) is 0. The van der Waals surface area contributed by atoms with Crippen molar-refractivity contribution in [3.63, 3.8) is 0 Å². The van der Waals surface area contributed by atoms with Gasteiger partial charge in [-0.15, -0.1) is 11.8 Å². The first-order valence-corrected chi connectivity index (χ1v) is 5.84. The van der Waals surface area contributed by atoms with E-state index in [0.717, 1.165) is 0 Å². The molecular formula is C10H7ClNNaO3S. The van der Waals surface area contributed by atoms with E-state index in [1.165, 1.54) is 17.8 Å². The summed E-state index contributed by atoms with van der Waals surface area (Å²) < 4.78 is 0. The fourth-order valence-corrected chi connectivity index (χ4v) is 2.54. The quantitative estimate of drug-likeness (QED) is 0.616. The van der Waals surface area contributed by atoms with Gasteiger partial charge in [-0.1, -0.05) is 11.6 Å². The maximum Gasteiger partial charge on any atom is 1.00 e. The van der Waals surface area contributed by atoms with E-state index in [9.17, 15) is 15.0 Å². The molecule has 0 spiro atoms. The molecule has 1 aromatic rings. The number of aliphatic carboxylic acids is 1. The molecule has 7 heteroatoms. The van der Waals surface area contributed by atoms with Crippen molar-refractivity contribution in [2.75, 3.05) is 5.75 Å². The van der Waals surface area contributed by atoms with Crippen LogP contribution in [0.4, 0.5) is 0 Å². The van der Waals surface area contributed by atoms with Gasteiger partial charge in [-0.05, 0) is 18.2 Å². The first kappa shape index (κ1) is 14.9. The monoisotopic (exact) mass is 279 g/mol. The Balaban J connectivity index is 0.00000144. The Kier molecular flexibility index (Phi) is 5.34. The van der Waals surface area contributed by atoms with Crippen LogP contribution in [-0.2, 0) is 4.79 Å². The molecule has 0 amide bonds. The minimum Gasteiger partial charge on any atom is -0.548 e. The molecule has 1 atom stereocenters. The maximum atomic E-state index is 10.6. The zero-order chi connectivity index (χ0) is 11.7. The van der Waals surface area contributed by atoms with Crippen molar-refractivity contribution in [1.82, 2.24) is 0 Å². The van der Waals surface area contributed by atoms with Crippen LogP contribution in [0.5, 0.6) is 5.75 Å². The summed E-state index contributed by atoms with van der Waals surface area (Å²) >= 11 is 7.06. The van der Waals surface area contributed by atoms with Crippen molar-refractivity contribution in [1.29, 1.82) is 0 Å². The second-order valence-corrected chi connectivity index (χ2v) is 4.69. The van der Waals surface area contributed by atoms with Gasteiger partial charge in [-0.2, -0.15) is 0 Å². The molecular weight excluding hydrogens is 273 g/mol. The number of carboxylic acid groups (broad SMARTS) is 1. The van der Waals surface area contributed by atoms with Crippen LogP contribution in [0.1, 0.15) is 5.56 Å². The number of hydrogen-bond donors (Lipinski definition) is 1. The number of carboxylic acids is 1. The second-order valence-electron chi connectivity index (χ2n) is 3.24. The molecule has 1 heterocycles. The molecule has 1 aliphatic heterocycles. The number of nitrogens with zero attached hydrogens (tertiary/aromatic N) is 1. The van der Waals surface area contributed by atoms with Gasteiger partial charge in [0.15, 0.2) is 0 Å². The summed E-state index contributed by atoms with van der Waals surface area (Å²) in [5.41, 5.74) is 0.459. The van der Waals surface area contributed by atoms with E-state index in [0.29, 0.717) is 21.4 Å². The van der Waals surface area contributed by atoms with Gasteiger partial charge in [-0.3, -0.25) is 4.99 Å². The summed E-state index contributed by atoms with van der Waals surface area (Å²) in [4.78, 5) is 14.6. The van der Waals surface area contributed by atoms with E-state index in [4.69, 9.17) is 11.6 Å². The Morgan fingerprint density at radius 2 is 2.29 bits per heavy atom. The smallest absolute Gasteiger partial charge is 0.548 e. The Morgan fingerprint density at radius 3 is 2.88 bits per heavy atom. The van der Waals surface area contributed by atoms with Gasteiger partial charge < -0.3 is 15.0 Å². The maximum absolute atomic E-state index is 10.6. The topological polar surface area (TPSA) is 72.7 Å². The van der Waals surface area contributed by atoms with Crippen LogP contribution in [0.3, 0.4) is 0 Å². The molecule has 0 aliphatic carbocycles. The van der Waals surface area contributed by atoms with Crippen LogP contribution < -0.4 is 34.7 Å². The number of carbonyl (C=O) groups excluding carboxylic acids is 1. The molecule has 1 aromatic carbocycles. The van der Waals surface area contributed by atoms with Crippen LogP contribution in [0.2, 0.25) is 5.02 Å². The second kappa shape index (κ2) is 6.11. The molecule has 1 aliphatic rings. The molecule has 0 aromatic heterocycles. The fraction of sp³-hybridized carbons (Fsp3) is 0.200. The van der Waals surface area contributed by atoms with E-state index in [1.54, 1.807) is 12.1 Å². The third-order valence-corrected chi connectivity index (χ3v) is 3.43. The predicted molar refractivity (Wildman–Crippen MR) is 60.9 cm³/mol. The summed E-state index contributed by atoms with van der Waals surface area (Å²) in [5.74, 6) is -0.845. The number of aromatic hydroxyl groups is 1. The van der Waals surface area contributed by atoms with Gasteiger partial charge in [0.05, 0.1) is 5.97 Å². The first-order chi connectivity index (χ1) is 7.58. The van der Waals surface area contributed by atoms with E-state index in [1.807, 2.05) is 0 Å². The average molecular weight is 280 g/mol. The van der Waals surface area contributed by atoms with Crippen molar-refractivity contribution < 1.29 is 44.6 Å². The zero-order valence-electron chi connectivity index (χ0n) is 9.01. The number of carbonyl (C=O) groups is 1. The van der Waals surface area contributed by atoms with Gasteiger partial charge >= 0.3 is 29.6 Å². The molecule has 1 unspecified atom stereocenters. The minimum atomic E-state index is -1.20. The standard InChI is InChI=1S/C10H8ClNO3S.Na/c11-5-1-2-8(13)6(3-5)9-12-7(4-16-9)10(14)15;/h1-3,7,13H,4H2,(H,14,15);/q;+1/p-1. The fourth-order valence-electron chi connectivity index (χ4n) is 1.32. The van der Waals surface area contributed by atoms with Crippen LogP contribution in [0, 0.1) is 0 Å². The molecule has 1 N–H and O–H groups in total. The summed E-state index contributed by atoms with van der Waals surface area (Å²) in [6, 6.07) is 3.71. The van der Waals surface area contributed by atoms with Gasteiger partial charge in [-0.25, -0.2) is 0 Å². The average Bonchev–Trinajstić information content (AvgIpc) is 2.70. The molecule has 0 bridgehead atoms. The summed E-state index contributed by atoms with van der Waals surface area (Å²) in [5, 5.41) is 21.2. The SMILES string of the molecule is O=C([O-])C1CSC(c2cc(Cl)ccc2O)=N1.[Na+]. The number of phenols is 1. The Labute approximate surface area is 129 Å². The van der Waals surface area contributed by atoms with Crippen molar-refractivity contribution in [3.05, 3.63) is 28.8 Å². The molecule has 84 valence electrons. The van der Waals surface area contributed by atoms with E-state index >= 15 is 0 Å². The number of hydrogen-bond acceptors (Lipinski definition) is 5.